The summed E-state index contributed by atoms with van der Waals surface area (Å²) in [4.78, 5) is 13.9. The molecular weight excluding hydrogens is 220 g/mol. The van der Waals surface area contributed by atoms with Gasteiger partial charge >= 0.3 is 0 Å². The second-order valence-corrected chi connectivity index (χ2v) is 5.01. The van der Waals surface area contributed by atoms with E-state index >= 15 is 0 Å². The third-order valence-corrected chi connectivity index (χ3v) is 3.58. The molecule has 2 saturated heterocycles. The smallest absolute Gasteiger partial charge is 0.251 e. The molecule has 2 heterocycles. The summed E-state index contributed by atoms with van der Waals surface area (Å²) in [6.07, 6.45) is 2.52. The topological polar surface area (TPSA) is 64.8 Å². The van der Waals surface area contributed by atoms with E-state index in [1.54, 1.807) is 4.90 Å². The summed E-state index contributed by atoms with van der Waals surface area (Å²) in [5.74, 6) is 0.573. The average molecular weight is 242 g/mol. The molecule has 0 aliphatic carbocycles. The van der Waals surface area contributed by atoms with Gasteiger partial charge in [-0.1, -0.05) is 0 Å². The van der Waals surface area contributed by atoms with E-state index in [9.17, 15) is 4.79 Å². The van der Waals surface area contributed by atoms with Gasteiger partial charge in [0.2, 0.25) is 0 Å². The Morgan fingerprint density at radius 1 is 1.41 bits per heavy atom. The zero-order valence-corrected chi connectivity index (χ0v) is 10.4. The number of likely N-dealkylation sites (N-methyl/N-ethyl adjacent to an activating group) is 1. The van der Waals surface area contributed by atoms with E-state index in [2.05, 4.69) is 0 Å². The standard InChI is InChI=1S/C12H22N2O3/c1-14(7-9-4-5-16-8-9)12(15)11-3-2-10(6-13)17-11/h9-11H,2-8,13H2,1H3/t9?,10-,11+/m1/s1. The lowest BCUT2D eigenvalue weighted by Crippen LogP contribution is -2.39. The van der Waals surface area contributed by atoms with E-state index in [1.807, 2.05) is 7.05 Å². The van der Waals surface area contributed by atoms with Crippen LogP contribution in [0.1, 0.15) is 19.3 Å². The highest BCUT2D eigenvalue weighted by atomic mass is 16.5. The van der Waals surface area contributed by atoms with Gasteiger partial charge in [-0.3, -0.25) is 4.79 Å². The Morgan fingerprint density at radius 3 is 2.82 bits per heavy atom. The van der Waals surface area contributed by atoms with Gasteiger partial charge in [0.1, 0.15) is 6.10 Å². The van der Waals surface area contributed by atoms with E-state index in [4.69, 9.17) is 15.2 Å². The van der Waals surface area contributed by atoms with Gasteiger partial charge < -0.3 is 20.1 Å². The molecule has 2 N–H and O–H groups in total. The van der Waals surface area contributed by atoms with Gasteiger partial charge in [-0.2, -0.15) is 0 Å². The van der Waals surface area contributed by atoms with Gasteiger partial charge in [0.25, 0.3) is 5.91 Å². The number of ether oxygens (including phenoxy) is 2. The van der Waals surface area contributed by atoms with Gasteiger partial charge in [0.15, 0.2) is 0 Å². The molecule has 98 valence electrons. The summed E-state index contributed by atoms with van der Waals surface area (Å²) in [5, 5.41) is 0. The summed E-state index contributed by atoms with van der Waals surface area (Å²) in [7, 11) is 1.85. The molecule has 5 heteroatoms. The van der Waals surface area contributed by atoms with Crippen LogP contribution in [0.3, 0.4) is 0 Å². The first-order chi connectivity index (χ1) is 8.20. The Labute approximate surface area is 102 Å². The second-order valence-electron chi connectivity index (χ2n) is 5.01. The van der Waals surface area contributed by atoms with Crippen molar-refractivity contribution in [1.29, 1.82) is 0 Å². The van der Waals surface area contributed by atoms with Crippen LogP contribution in [-0.4, -0.2) is 56.4 Å². The summed E-state index contributed by atoms with van der Waals surface area (Å²) in [5.41, 5.74) is 5.54. The maximum absolute atomic E-state index is 12.1. The highest BCUT2D eigenvalue weighted by Crippen LogP contribution is 2.21. The Morgan fingerprint density at radius 2 is 2.24 bits per heavy atom. The maximum Gasteiger partial charge on any atom is 0.251 e. The molecule has 1 unspecified atom stereocenters. The van der Waals surface area contributed by atoms with Crippen LogP contribution in [0.4, 0.5) is 0 Å². The molecular formula is C12H22N2O3. The van der Waals surface area contributed by atoms with Crippen molar-refractivity contribution in [3.8, 4) is 0 Å². The molecule has 2 aliphatic rings. The Hall–Kier alpha value is -0.650. The Kier molecular flexibility index (Phi) is 4.36. The number of rotatable bonds is 4. The summed E-state index contributed by atoms with van der Waals surface area (Å²) in [6.45, 7) is 2.87. The van der Waals surface area contributed by atoms with Gasteiger partial charge in [-0.05, 0) is 19.3 Å². The fourth-order valence-corrected chi connectivity index (χ4v) is 2.51. The highest BCUT2D eigenvalue weighted by Gasteiger charge is 2.32. The zero-order chi connectivity index (χ0) is 12.3. The van der Waals surface area contributed by atoms with Crippen LogP contribution in [0.25, 0.3) is 0 Å². The van der Waals surface area contributed by atoms with Crippen molar-refractivity contribution in [2.24, 2.45) is 11.7 Å². The predicted molar refractivity (Wildman–Crippen MR) is 63.5 cm³/mol. The van der Waals surface area contributed by atoms with Crippen molar-refractivity contribution in [3.63, 3.8) is 0 Å². The lowest BCUT2D eigenvalue weighted by atomic mass is 10.1. The minimum absolute atomic E-state index is 0.0622. The van der Waals surface area contributed by atoms with Crippen LogP contribution in [0, 0.1) is 5.92 Å². The number of nitrogens with zero attached hydrogens (tertiary/aromatic N) is 1. The van der Waals surface area contributed by atoms with E-state index in [-0.39, 0.29) is 18.1 Å². The first-order valence-electron chi connectivity index (χ1n) is 6.39. The average Bonchev–Trinajstić information content (AvgIpc) is 2.98. The molecule has 0 saturated carbocycles. The second kappa shape index (κ2) is 5.80. The first-order valence-corrected chi connectivity index (χ1v) is 6.39. The Bertz CT molecular complexity index is 266. The zero-order valence-electron chi connectivity index (χ0n) is 10.4. The molecule has 0 aromatic carbocycles. The summed E-state index contributed by atoms with van der Waals surface area (Å²) in [6, 6.07) is 0. The van der Waals surface area contributed by atoms with Crippen LogP contribution >= 0.6 is 0 Å². The van der Waals surface area contributed by atoms with Gasteiger partial charge in [0, 0.05) is 32.7 Å². The Balaban J connectivity index is 1.78. The number of hydrogen-bond acceptors (Lipinski definition) is 4. The first kappa shape index (κ1) is 12.8. The lowest BCUT2D eigenvalue weighted by Gasteiger charge is -2.23. The molecule has 3 atom stereocenters. The van der Waals surface area contributed by atoms with Crippen molar-refractivity contribution < 1.29 is 14.3 Å². The molecule has 0 bridgehead atoms. The molecule has 0 spiro atoms. The van der Waals surface area contributed by atoms with E-state index in [1.165, 1.54) is 0 Å². The molecule has 5 nitrogen and oxygen atoms in total. The summed E-state index contributed by atoms with van der Waals surface area (Å²) >= 11 is 0. The number of carbonyl (C=O) groups is 1. The number of carbonyl (C=O) groups excluding carboxylic acids is 1. The van der Waals surface area contributed by atoms with Crippen molar-refractivity contribution in [3.05, 3.63) is 0 Å². The van der Waals surface area contributed by atoms with Crippen molar-refractivity contribution >= 4 is 5.91 Å². The van der Waals surface area contributed by atoms with Gasteiger partial charge in [-0.25, -0.2) is 0 Å². The minimum Gasteiger partial charge on any atom is -0.381 e. The fraction of sp³-hybridized carbons (Fsp3) is 0.917. The molecule has 1 amide bonds. The van der Waals surface area contributed by atoms with Gasteiger partial charge in [-0.15, -0.1) is 0 Å². The fourth-order valence-electron chi connectivity index (χ4n) is 2.51. The molecule has 0 aromatic heterocycles. The van der Waals surface area contributed by atoms with Crippen LogP contribution < -0.4 is 5.73 Å². The predicted octanol–water partition coefficient (Wildman–Crippen LogP) is -0.0124. The van der Waals surface area contributed by atoms with Crippen LogP contribution in [0.5, 0.6) is 0 Å². The van der Waals surface area contributed by atoms with E-state index in [0.29, 0.717) is 12.5 Å². The molecule has 0 aromatic rings. The highest BCUT2D eigenvalue weighted by molar-refractivity contribution is 5.81. The third kappa shape index (κ3) is 3.18. The maximum atomic E-state index is 12.1. The van der Waals surface area contributed by atoms with E-state index in [0.717, 1.165) is 39.0 Å². The summed E-state index contributed by atoms with van der Waals surface area (Å²) < 4.78 is 10.9. The molecule has 17 heavy (non-hydrogen) atoms. The monoisotopic (exact) mass is 242 g/mol. The molecule has 0 radical (unpaired) electrons. The normalized spacial score (nSPS) is 32.9. The molecule has 2 rings (SSSR count). The largest absolute Gasteiger partial charge is 0.381 e. The lowest BCUT2D eigenvalue weighted by molar-refractivity contribution is -0.141. The number of nitrogens with two attached hydrogens (primary N) is 1. The van der Waals surface area contributed by atoms with Crippen molar-refractivity contribution in [2.45, 2.75) is 31.5 Å². The van der Waals surface area contributed by atoms with Crippen molar-refractivity contribution in [1.82, 2.24) is 4.90 Å². The van der Waals surface area contributed by atoms with Crippen LogP contribution in [0.2, 0.25) is 0 Å². The van der Waals surface area contributed by atoms with E-state index < -0.39 is 0 Å². The number of hydrogen-bond donors (Lipinski definition) is 1. The van der Waals surface area contributed by atoms with Gasteiger partial charge in [0.05, 0.1) is 12.7 Å². The minimum atomic E-state index is -0.282. The quantitative estimate of drug-likeness (QED) is 0.753. The van der Waals surface area contributed by atoms with Crippen LogP contribution in [-0.2, 0) is 14.3 Å². The SMILES string of the molecule is CN(CC1CCOC1)C(=O)[C@@H]1CC[C@H](CN)O1. The number of amides is 1. The third-order valence-electron chi connectivity index (χ3n) is 3.58. The van der Waals surface area contributed by atoms with Crippen LogP contribution in [0.15, 0.2) is 0 Å². The molecule has 2 aliphatic heterocycles. The molecule has 2 fully saturated rings. The van der Waals surface area contributed by atoms with Crippen molar-refractivity contribution in [2.75, 3.05) is 33.4 Å².